The molecule has 1 heterocycles. The van der Waals surface area contributed by atoms with E-state index in [4.69, 9.17) is 0 Å². The molecule has 1 aromatic rings. The Morgan fingerprint density at radius 2 is 1.76 bits per heavy atom. The molecule has 21 heavy (non-hydrogen) atoms. The van der Waals surface area contributed by atoms with E-state index in [-0.39, 0.29) is 5.91 Å². The fourth-order valence-corrected chi connectivity index (χ4v) is 2.52. The maximum atomic E-state index is 12.8. The fourth-order valence-electron chi connectivity index (χ4n) is 2.52. The molecule has 0 fully saturated rings. The summed E-state index contributed by atoms with van der Waals surface area (Å²) in [5, 5.41) is 12.7. The minimum absolute atomic E-state index is 0.245. The standard InChI is InChI=1S/C16H22N2O3/c1-9-7-11-12(8-10(9)2)18(16(5,6)14(20)21)13(19)15(3,4)17-11/h7-8,17H,1-6H3,(H,20,21). The molecule has 0 aliphatic carbocycles. The number of rotatable bonds is 2. The number of amides is 1. The number of carbonyl (C=O) groups excluding carboxylic acids is 1. The summed E-state index contributed by atoms with van der Waals surface area (Å²) in [4.78, 5) is 25.8. The van der Waals surface area contributed by atoms with Gasteiger partial charge < -0.3 is 10.4 Å². The van der Waals surface area contributed by atoms with Crippen LogP contribution in [0.2, 0.25) is 0 Å². The summed E-state index contributed by atoms with van der Waals surface area (Å²) in [7, 11) is 0. The van der Waals surface area contributed by atoms with E-state index in [9.17, 15) is 14.7 Å². The number of fused-ring (bicyclic) bond motifs is 1. The first-order valence-corrected chi connectivity index (χ1v) is 6.96. The summed E-state index contributed by atoms with van der Waals surface area (Å²) >= 11 is 0. The maximum absolute atomic E-state index is 12.8. The first-order valence-electron chi connectivity index (χ1n) is 6.96. The van der Waals surface area contributed by atoms with Gasteiger partial charge in [0.15, 0.2) is 0 Å². The molecular weight excluding hydrogens is 268 g/mol. The predicted octanol–water partition coefficient (Wildman–Crippen LogP) is 2.70. The van der Waals surface area contributed by atoms with E-state index in [0.29, 0.717) is 5.69 Å². The summed E-state index contributed by atoms with van der Waals surface area (Å²) < 4.78 is 0. The summed E-state index contributed by atoms with van der Waals surface area (Å²) in [5.74, 6) is -1.27. The molecule has 5 heteroatoms. The molecule has 0 unspecified atom stereocenters. The minimum atomic E-state index is -1.31. The Morgan fingerprint density at radius 3 is 2.29 bits per heavy atom. The van der Waals surface area contributed by atoms with E-state index >= 15 is 0 Å². The minimum Gasteiger partial charge on any atom is -0.480 e. The number of carbonyl (C=O) groups is 2. The van der Waals surface area contributed by atoms with Crippen molar-refractivity contribution in [3.8, 4) is 0 Å². The van der Waals surface area contributed by atoms with Crippen LogP contribution in [-0.4, -0.2) is 28.1 Å². The molecule has 1 amide bonds. The quantitative estimate of drug-likeness (QED) is 0.878. The van der Waals surface area contributed by atoms with Crippen LogP contribution in [0.15, 0.2) is 12.1 Å². The van der Waals surface area contributed by atoms with Crippen LogP contribution in [0.1, 0.15) is 38.8 Å². The zero-order chi connectivity index (χ0) is 16.2. The zero-order valence-corrected chi connectivity index (χ0v) is 13.4. The number of aryl methyl sites for hydroxylation is 2. The van der Waals surface area contributed by atoms with Crippen LogP contribution in [0.4, 0.5) is 11.4 Å². The van der Waals surface area contributed by atoms with Gasteiger partial charge in [0.2, 0.25) is 0 Å². The monoisotopic (exact) mass is 290 g/mol. The van der Waals surface area contributed by atoms with Crippen LogP contribution in [0.5, 0.6) is 0 Å². The number of anilines is 2. The molecule has 2 N–H and O–H groups in total. The molecule has 2 rings (SSSR count). The van der Waals surface area contributed by atoms with E-state index < -0.39 is 17.0 Å². The highest BCUT2D eigenvalue weighted by molar-refractivity contribution is 6.11. The van der Waals surface area contributed by atoms with Crippen molar-refractivity contribution < 1.29 is 14.7 Å². The normalized spacial score (nSPS) is 17.2. The molecule has 1 aliphatic rings. The largest absolute Gasteiger partial charge is 0.480 e. The van der Waals surface area contributed by atoms with Crippen molar-refractivity contribution in [3.05, 3.63) is 23.3 Å². The number of hydrogen-bond donors (Lipinski definition) is 2. The van der Waals surface area contributed by atoms with Gasteiger partial charge in [-0.2, -0.15) is 0 Å². The number of aliphatic carboxylic acids is 1. The van der Waals surface area contributed by atoms with Gasteiger partial charge in [0, 0.05) is 0 Å². The molecule has 5 nitrogen and oxygen atoms in total. The van der Waals surface area contributed by atoms with Gasteiger partial charge in [-0.1, -0.05) is 0 Å². The Kier molecular flexibility index (Phi) is 3.27. The third-order valence-electron chi connectivity index (χ3n) is 4.12. The van der Waals surface area contributed by atoms with Gasteiger partial charge in [-0.3, -0.25) is 9.69 Å². The number of hydrogen-bond acceptors (Lipinski definition) is 3. The van der Waals surface area contributed by atoms with Gasteiger partial charge >= 0.3 is 5.97 Å². The Labute approximate surface area is 125 Å². The lowest BCUT2D eigenvalue weighted by molar-refractivity contribution is -0.144. The van der Waals surface area contributed by atoms with Crippen molar-refractivity contribution in [1.29, 1.82) is 0 Å². The maximum Gasteiger partial charge on any atom is 0.329 e. The molecule has 0 bridgehead atoms. The third-order valence-corrected chi connectivity index (χ3v) is 4.12. The molecule has 114 valence electrons. The van der Waals surface area contributed by atoms with Crippen molar-refractivity contribution in [2.75, 3.05) is 10.2 Å². The lowest BCUT2D eigenvalue weighted by atomic mass is 9.90. The Hall–Kier alpha value is -2.04. The predicted molar refractivity (Wildman–Crippen MR) is 82.8 cm³/mol. The zero-order valence-electron chi connectivity index (χ0n) is 13.4. The first kappa shape index (κ1) is 15.4. The molecule has 1 aromatic carbocycles. The lowest BCUT2D eigenvalue weighted by Gasteiger charge is -2.45. The molecule has 0 atom stereocenters. The van der Waals surface area contributed by atoms with E-state index in [1.54, 1.807) is 27.7 Å². The summed E-state index contributed by atoms with van der Waals surface area (Å²) in [6.45, 7) is 10.6. The van der Waals surface area contributed by atoms with Crippen molar-refractivity contribution in [1.82, 2.24) is 0 Å². The average Bonchev–Trinajstić information content (AvgIpc) is 2.33. The second-order valence-corrected chi connectivity index (χ2v) is 6.71. The summed E-state index contributed by atoms with van der Waals surface area (Å²) in [5.41, 5.74) is 1.37. The third kappa shape index (κ3) is 2.26. The van der Waals surface area contributed by atoms with Gasteiger partial charge in [0.05, 0.1) is 11.4 Å². The molecule has 0 aromatic heterocycles. The van der Waals surface area contributed by atoms with Crippen molar-refractivity contribution >= 4 is 23.3 Å². The highest BCUT2D eigenvalue weighted by Crippen LogP contribution is 2.40. The Balaban J connectivity index is 2.73. The smallest absolute Gasteiger partial charge is 0.329 e. The Morgan fingerprint density at radius 1 is 1.24 bits per heavy atom. The second-order valence-electron chi connectivity index (χ2n) is 6.71. The van der Waals surface area contributed by atoms with Crippen molar-refractivity contribution in [3.63, 3.8) is 0 Å². The van der Waals surface area contributed by atoms with E-state index in [0.717, 1.165) is 16.8 Å². The van der Waals surface area contributed by atoms with E-state index in [2.05, 4.69) is 5.32 Å². The van der Waals surface area contributed by atoms with Gasteiger partial charge in [-0.25, -0.2) is 4.79 Å². The number of carboxylic acids is 1. The highest BCUT2D eigenvalue weighted by Gasteiger charge is 2.48. The Bertz CT molecular complexity index is 633. The van der Waals surface area contributed by atoms with E-state index in [1.165, 1.54) is 4.90 Å². The van der Waals surface area contributed by atoms with Gasteiger partial charge in [0.25, 0.3) is 5.91 Å². The molecule has 0 radical (unpaired) electrons. The summed E-state index contributed by atoms with van der Waals surface area (Å²) in [6, 6.07) is 3.83. The van der Waals surface area contributed by atoms with Crippen LogP contribution in [0.25, 0.3) is 0 Å². The van der Waals surface area contributed by atoms with Crippen molar-refractivity contribution in [2.45, 2.75) is 52.6 Å². The van der Waals surface area contributed by atoms with Gasteiger partial charge in [-0.05, 0) is 64.8 Å². The molecular formula is C16H22N2O3. The molecule has 0 saturated carbocycles. The number of nitrogens with zero attached hydrogens (tertiary/aromatic N) is 1. The summed E-state index contributed by atoms with van der Waals surface area (Å²) in [6.07, 6.45) is 0. The second kappa shape index (κ2) is 4.48. The van der Waals surface area contributed by atoms with Crippen LogP contribution in [0.3, 0.4) is 0 Å². The number of carboxylic acid groups (broad SMARTS) is 1. The molecule has 0 saturated heterocycles. The van der Waals surface area contributed by atoms with Gasteiger partial charge in [-0.15, -0.1) is 0 Å². The van der Waals surface area contributed by atoms with Crippen LogP contribution in [-0.2, 0) is 9.59 Å². The lowest BCUT2D eigenvalue weighted by Crippen LogP contribution is -2.63. The van der Waals surface area contributed by atoms with Crippen LogP contribution >= 0.6 is 0 Å². The SMILES string of the molecule is Cc1cc2c(cc1C)N(C(C)(C)C(=O)O)C(=O)C(C)(C)N2. The van der Waals surface area contributed by atoms with Crippen LogP contribution in [0, 0.1) is 13.8 Å². The van der Waals surface area contributed by atoms with Gasteiger partial charge in [0.1, 0.15) is 11.1 Å². The molecule has 0 spiro atoms. The topological polar surface area (TPSA) is 69.6 Å². The van der Waals surface area contributed by atoms with Crippen LogP contribution < -0.4 is 10.2 Å². The molecule has 1 aliphatic heterocycles. The van der Waals surface area contributed by atoms with E-state index in [1.807, 2.05) is 26.0 Å². The first-order chi connectivity index (χ1) is 9.48. The fraction of sp³-hybridized carbons (Fsp3) is 0.500. The highest BCUT2D eigenvalue weighted by atomic mass is 16.4. The average molecular weight is 290 g/mol. The van der Waals surface area contributed by atoms with Crippen molar-refractivity contribution in [2.24, 2.45) is 0 Å². The number of nitrogens with one attached hydrogen (secondary N) is 1. The number of benzene rings is 1.